The summed E-state index contributed by atoms with van der Waals surface area (Å²) in [5.74, 6) is 0.776. The van der Waals surface area contributed by atoms with Crippen LogP contribution < -0.4 is 16.0 Å². The molecular weight excluding hydrogens is 481 g/mol. The fourth-order valence-corrected chi connectivity index (χ4v) is 2.50. The van der Waals surface area contributed by atoms with Gasteiger partial charge in [-0.15, -0.1) is 24.0 Å². The molecule has 0 fully saturated rings. The van der Waals surface area contributed by atoms with E-state index in [0.717, 1.165) is 25.5 Å². The number of amides is 1. The van der Waals surface area contributed by atoms with Crippen LogP contribution in [0.1, 0.15) is 45.2 Å². The van der Waals surface area contributed by atoms with Crippen molar-refractivity contribution in [1.82, 2.24) is 20.9 Å². The molecule has 0 aliphatic rings. The molecule has 0 aliphatic heterocycles. The number of alkyl carbamates (subject to hydrolysis) is 1. The van der Waals surface area contributed by atoms with Crippen molar-refractivity contribution in [1.29, 1.82) is 0 Å². The van der Waals surface area contributed by atoms with Crippen LogP contribution in [0.25, 0.3) is 0 Å². The fraction of sp³-hybridized carbons (Fsp3) is 0.619. The molecular formula is C21H38IN5O2. The van der Waals surface area contributed by atoms with Gasteiger partial charge in [-0.2, -0.15) is 0 Å². The van der Waals surface area contributed by atoms with E-state index < -0.39 is 5.60 Å². The molecule has 0 saturated heterocycles. The summed E-state index contributed by atoms with van der Waals surface area (Å²) in [5, 5.41) is 9.31. The maximum atomic E-state index is 11.6. The van der Waals surface area contributed by atoms with Gasteiger partial charge in [0.15, 0.2) is 5.96 Å². The van der Waals surface area contributed by atoms with E-state index >= 15 is 0 Å². The molecule has 0 aliphatic carbocycles. The third kappa shape index (κ3) is 14.1. The summed E-state index contributed by atoms with van der Waals surface area (Å²) in [4.78, 5) is 18.4. The number of aliphatic imine (C=N–C) groups is 1. The Labute approximate surface area is 193 Å². The molecule has 0 bridgehead atoms. The van der Waals surface area contributed by atoms with E-state index in [9.17, 15) is 4.79 Å². The van der Waals surface area contributed by atoms with Gasteiger partial charge in [0, 0.05) is 26.2 Å². The van der Waals surface area contributed by atoms with Gasteiger partial charge >= 0.3 is 6.09 Å². The van der Waals surface area contributed by atoms with Gasteiger partial charge in [0.1, 0.15) is 5.60 Å². The van der Waals surface area contributed by atoms with Crippen molar-refractivity contribution < 1.29 is 9.53 Å². The van der Waals surface area contributed by atoms with Gasteiger partial charge in [-0.25, -0.2) is 9.79 Å². The lowest BCUT2D eigenvalue weighted by Gasteiger charge is -2.19. The summed E-state index contributed by atoms with van der Waals surface area (Å²) in [6, 6.07) is 8.50. The van der Waals surface area contributed by atoms with Crippen LogP contribution in [0.2, 0.25) is 0 Å². The van der Waals surface area contributed by atoms with Crippen LogP contribution in [0.5, 0.6) is 0 Å². The van der Waals surface area contributed by atoms with Gasteiger partial charge in [-0.05, 0) is 59.3 Å². The minimum atomic E-state index is -0.475. The lowest BCUT2D eigenvalue weighted by Crippen LogP contribution is -2.39. The number of benzene rings is 1. The second-order valence-electron chi connectivity index (χ2n) is 7.96. The zero-order chi connectivity index (χ0) is 21.0. The molecule has 0 radical (unpaired) electrons. The van der Waals surface area contributed by atoms with Crippen molar-refractivity contribution in [3.63, 3.8) is 0 Å². The summed E-state index contributed by atoms with van der Waals surface area (Å²) >= 11 is 0. The number of nitrogens with one attached hydrogen (secondary N) is 3. The fourth-order valence-electron chi connectivity index (χ4n) is 2.50. The van der Waals surface area contributed by atoms with Crippen molar-refractivity contribution in [2.45, 2.75) is 52.8 Å². The number of hydrogen-bond donors (Lipinski definition) is 3. The largest absolute Gasteiger partial charge is 0.444 e. The summed E-state index contributed by atoms with van der Waals surface area (Å²) in [5.41, 5.74) is 1.99. The first-order valence-corrected chi connectivity index (χ1v) is 9.91. The Hall–Kier alpha value is -1.55. The molecule has 0 aromatic heterocycles. The number of hydrogen-bond acceptors (Lipinski definition) is 4. The maximum absolute atomic E-state index is 11.6. The number of ether oxygens (including phenoxy) is 1. The monoisotopic (exact) mass is 519 g/mol. The zero-order valence-electron chi connectivity index (χ0n) is 18.7. The van der Waals surface area contributed by atoms with Crippen LogP contribution in [0, 0.1) is 0 Å². The smallest absolute Gasteiger partial charge is 0.407 e. The van der Waals surface area contributed by atoms with E-state index in [0.29, 0.717) is 19.6 Å². The number of nitrogens with zero attached hydrogens (tertiary/aromatic N) is 2. The van der Waals surface area contributed by atoms with Crippen molar-refractivity contribution in [2.75, 3.05) is 33.7 Å². The van der Waals surface area contributed by atoms with Gasteiger partial charge in [-0.3, -0.25) is 0 Å². The predicted molar refractivity (Wildman–Crippen MR) is 131 cm³/mol. The summed E-state index contributed by atoms with van der Waals surface area (Å²) in [6.45, 7) is 11.2. The third-order valence-corrected chi connectivity index (χ3v) is 3.57. The van der Waals surface area contributed by atoms with Crippen LogP contribution >= 0.6 is 24.0 Å². The van der Waals surface area contributed by atoms with Gasteiger partial charge in [0.05, 0.1) is 6.54 Å². The molecule has 0 spiro atoms. The van der Waals surface area contributed by atoms with E-state index in [1.54, 1.807) is 0 Å². The number of halogens is 1. The van der Waals surface area contributed by atoms with E-state index in [1.807, 2.05) is 27.7 Å². The molecule has 7 nitrogen and oxygen atoms in total. The second kappa shape index (κ2) is 14.4. The van der Waals surface area contributed by atoms with Crippen molar-refractivity contribution in [2.24, 2.45) is 4.99 Å². The van der Waals surface area contributed by atoms with Crippen molar-refractivity contribution >= 4 is 36.0 Å². The van der Waals surface area contributed by atoms with E-state index in [1.165, 1.54) is 11.1 Å². The Morgan fingerprint density at radius 1 is 1.10 bits per heavy atom. The minimum absolute atomic E-state index is 0. The molecule has 166 valence electrons. The van der Waals surface area contributed by atoms with Crippen LogP contribution in [-0.2, 0) is 17.8 Å². The summed E-state index contributed by atoms with van der Waals surface area (Å²) < 4.78 is 5.22. The molecule has 1 aromatic carbocycles. The molecule has 8 heteroatoms. The van der Waals surface area contributed by atoms with Gasteiger partial charge in [0.25, 0.3) is 0 Å². The second-order valence-corrected chi connectivity index (χ2v) is 7.96. The summed E-state index contributed by atoms with van der Waals surface area (Å²) in [6.07, 6.45) is 0.396. The van der Waals surface area contributed by atoms with E-state index in [-0.39, 0.29) is 30.1 Å². The Morgan fingerprint density at radius 3 is 2.38 bits per heavy atom. The average Bonchev–Trinajstić information content (AvgIpc) is 2.57. The highest BCUT2D eigenvalue weighted by Gasteiger charge is 2.15. The van der Waals surface area contributed by atoms with Crippen molar-refractivity contribution in [3.05, 3.63) is 35.4 Å². The highest BCUT2D eigenvalue weighted by molar-refractivity contribution is 14.0. The van der Waals surface area contributed by atoms with Gasteiger partial charge < -0.3 is 25.6 Å². The first kappa shape index (κ1) is 27.5. The normalized spacial score (nSPS) is 11.6. The lowest BCUT2D eigenvalue weighted by atomic mass is 10.1. The molecule has 29 heavy (non-hydrogen) atoms. The number of carbonyl (C=O) groups excluding carboxylic acids is 1. The van der Waals surface area contributed by atoms with Crippen LogP contribution in [0.3, 0.4) is 0 Å². The Balaban J connectivity index is 0.00000784. The molecule has 0 heterocycles. The standard InChI is InChI=1S/C21H37N5O2.HI/c1-7-22-19(23-12-9-13-24-20(27)28-21(2,3)4)25-15-17-10-8-11-18(14-17)16-26(5)6;/h8,10-11,14H,7,9,12-13,15-16H2,1-6H3,(H,24,27)(H2,22,23,25);1H. The number of rotatable bonds is 9. The van der Waals surface area contributed by atoms with Crippen molar-refractivity contribution in [3.8, 4) is 0 Å². The Morgan fingerprint density at radius 2 is 1.76 bits per heavy atom. The first-order valence-electron chi connectivity index (χ1n) is 9.91. The molecule has 0 saturated carbocycles. The van der Waals surface area contributed by atoms with Crippen LogP contribution in [0.4, 0.5) is 4.79 Å². The predicted octanol–water partition coefficient (Wildman–Crippen LogP) is 3.34. The molecule has 3 N–H and O–H groups in total. The van der Waals surface area contributed by atoms with E-state index in [2.05, 4.69) is 64.2 Å². The van der Waals surface area contributed by atoms with Crippen LogP contribution in [0.15, 0.2) is 29.3 Å². The molecule has 0 atom stereocenters. The first-order chi connectivity index (χ1) is 13.2. The average molecular weight is 519 g/mol. The molecule has 1 aromatic rings. The lowest BCUT2D eigenvalue weighted by molar-refractivity contribution is 0.0527. The molecule has 1 amide bonds. The van der Waals surface area contributed by atoms with E-state index in [4.69, 9.17) is 4.74 Å². The molecule has 0 unspecified atom stereocenters. The number of guanidine groups is 1. The quantitative estimate of drug-likeness (QED) is 0.202. The highest BCUT2D eigenvalue weighted by atomic mass is 127. The number of carbonyl (C=O) groups is 1. The van der Waals surface area contributed by atoms with Gasteiger partial charge in [-0.1, -0.05) is 24.3 Å². The summed E-state index contributed by atoms with van der Waals surface area (Å²) in [7, 11) is 4.13. The topological polar surface area (TPSA) is 78.0 Å². The Bertz CT molecular complexity index is 630. The molecule has 1 rings (SSSR count). The highest BCUT2D eigenvalue weighted by Crippen LogP contribution is 2.08. The Kier molecular flexibility index (Phi) is 13.7. The zero-order valence-corrected chi connectivity index (χ0v) is 21.0. The maximum Gasteiger partial charge on any atom is 0.407 e. The van der Waals surface area contributed by atoms with Gasteiger partial charge in [0.2, 0.25) is 0 Å². The third-order valence-electron chi connectivity index (χ3n) is 3.57. The van der Waals surface area contributed by atoms with Crippen LogP contribution in [-0.4, -0.2) is 56.3 Å². The SMILES string of the molecule is CCNC(=NCc1cccc(CN(C)C)c1)NCCCNC(=O)OC(C)(C)C.I. The minimum Gasteiger partial charge on any atom is -0.444 e.